The lowest BCUT2D eigenvalue weighted by Crippen LogP contribution is -2.25. The van der Waals surface area contributed by atoms with E-state index in [2.05, 4.69) is 4.74 Å². The largest absolute Gasteiger partial charge is 0.504 e. The summed E-state index contributed by atoms with van der Waals surface area (Å²) in [5, 5.41) is 19.8. The molecular formula is C16H18O5. The molecule has 1 aliphatic carbocycles. The van der Waals surface area contributed by atoms with Gasteiger partial charge in [-0.1, -0.05) is 30.3 Å². The van der Waals surface area contributed by atoms with E-state index in [-0.39, 0.29) is 30.3 Å². The number of hydrogen-bond donors (Lipinski definition) is 2. The van der Waals surface area contributed by atoms with Crippen LogP contribution in [0.4, 0.5) is 0 Å². The molecule has 0 amide bonds. The average Bonchev–Trinajstić information content (AvgIpc) is 2.84. The van der Waals surface area contributed by atoms with Gasteiger partial charge in [0.1, 0.15) is 0 Å². The number of methoxy groups -OCH3 is 1. The van der Waals surface area contributed by atoms with E-state index in [0.29, 0.717) is 12.0 Å². The molecule has 0 spiro atoms. The molecule has 0 bridgehead atoms. The van der Waals surface area contributed by atoms with E-state index in [1.165, 1.54) is 7.11 Å². The quantitative estimate of drug-likeness (QED) is 0.809. The van der Waals surface area contributed by atoms with Gasteiger partial charge in [0.15, 0.2) is 17.6 Å². The highest BCUT2D eigenvalue weighted by atomic mass is 16.5. The lowest BCUT2D eigenvalue weighted by molar-refractivity contribution is -0.150. The van der Waals surface area contributed by atoms with Crippen LogP contribution in [0, 0.1) is 0 Å². The second kappa shape index (κ2) is 6.54. The molecule has 2 atom stereocenters. The van der Waals surface area contributed by atoms with Crippen LogP contribution in [0.15, 0.2) is 41.7 Å². The summed E-state index contributed by atoms with van der Waals surface area (Å²) in [5.41, 5.74) is 1.42. The van der Waals surface area contributed by atoms with Crippen molar-refractivity contribution < 1.29 is 24.5 Å². The maximum atomic E-state index is 11.5. The van der Waals surface area contributed by atoms with E-state index in [4.69, 9.17) is 0 Å². The number of hydrogen-bond acceptors (Lipinski definition) is 5. The Morgan fingerprint density at radius 2 is 1.95 bits per heavy atom. The van der Waals surface area contributed by atoms with Gasteiger partial charge in [0.05, 0.1) is 7.11 Å². The molecule has 0 aromatic heterocycles. The summed E-state index contributed by atoms with van der Waals surface area (Å²) in [5.74, 6) is -1.63. The smallest absolute Gasteiger partial charge is 0.334 e. The summed E-state index contributed by atoms with van der Waals surface area (Å²) in [6.07, 6.45) is -0.517. The zero-order valence-corrected chi connectivity index (χ0v) is 11.8. The summed E-state index contributed by atoms with van der Waals surface area (Å²) < 4.78 is 4.52. The molecule has 5 heteroatoms. The van der Waals surface area contributed by atoms with Crippen molar-refractivity contribution in [1.82, 2.24) is 0 Å². The van der Waals surface area contributed by atoms with Crippen LogP contribution in [-0.4, -0.2) is 35.2 Å². The monoisotopic (exact) mass is 290 g/mol. The summed E-state index contributed by atoms with van der Waals surface area (Å²) in [4.78, 5) is 23.0. The van der Waals surface area contributed by atoms with Crippen molar-refractivity contribution in [3.05, 3.63) is 47.2 Å². The van der Waals surface area contributed by atoms with Gasteiger partial charge >= 0.3 is 5.97 Å². The molecule has 1 aromatic carbocycles. The number of rotatable bonds is 5. The number of aliphatic hydroxyl groups is 2. The maximum absolute atomic E-state index is 11.5. The van der Waals surface area contributed by atoms with Crippen molar-refractivity contribution in [2.24, 2.45) is 0 Å². The molecule has 0 fully saturated rings. The highest BCUT2D eigenvalue weighted by Crippen LogP contribution is 2.37. The second-order valence-electron chi connectivity index (χ2n) is 5.03. The Kier molecular flexibility index (Phi) is 4.75. The first-order valence-electron chi connectivity index (χ1n) is 6.80. The van der Waals surface area contributed by atoms with Gasteiger partial charge in [-0.2, -0.15) is 0 Å². The number of benzene rings is 1. The summed E-state index contributed by atoms with van der Waals surface area (Å²) >= 11 is 0. The van der Waals surface area contributed by atoms with Crippen molar-refractivity contribution in [1.29, 1.82) is 0 Å². The molecule has 1 aliphatic rings. The van der Waals surface area contributed by atoms with Gasteiger partial charge in [-0.25, -0.2) is 4.79 Å². The number of Topliss-reactive ketones (excluding diaryl/α,β-unsaturated/α-hetero) is 1. The molecule has 0 saturated carbocycles. The van der Waals surface area contributed by atoms with Gasteiger partial charge in [-0.15, -0.1) is 0 Å². The number of esters is 1. The predicted octanol–water partition coefficient (Wildman–Crippen LogP) is 1.87. The van der Waals surface area contributed by atoms with E-state index in [9.17, 15) is 19.8 Å². The average molecular weight is 290 g/mol. The van der Waals surface area contributed by atoms with E-state index in [1.807, 2.05) is 30.3 Å². The zero-order valence-electron chi connectivity index (χ0n) is 11.8. The molecule has 0 heterocycles. The van der Waals surface area contributed by atoms with Gasteiger partial charge in [0, 0.05) is 12.3 Å². The van der Waals surface area contributed by atoms with Gasteiger partial charge in [0.2, 0.25) is 0 Å². The van der Waals surface area contributed by atoms with Crippen LogP contribution in [0.1, 0.15) is 30.7 Å². The van der Waals surface area contributed by atoms with Gasteiger partial charge in [0.25, 0.3) is 0 Å². The predicted molar refractivity (Wildman–Crippen MR) is 75.7 cm³/mol. The number of ether oxygens (including phenoxy) is 1. The molecule has 112 valence electrons. The molecule has 0 aliphatic heterocycles. The summed E-state index contributed by atoms with van der Waals surface area (Å²) in [6, 6.07) is 9.21. The van der Waals surface area contributed by atoms with E-state index >= 15 is 0 Å². The number of carbonyl (C=O) groups excluding carboxylic acids is 2. The standard InChI is InChI=1S/C16H18O5/c1-21-16(20)14(18)9-12(10-5-3-2-4-6-10)11-7-8-13(17)15(11)19/h2-6,12,14,18-19H,7-9H2,1H3/t12-,14?/m0/s1. The van der Waals surface area contributed by atoms with Crippen LogP contribution >= 0.6 is 0 Å². The van der Waals surface area contributed by atoms with Gasteiger partial charge in [-0.05, 0) is 24.0 Å². The fraction of sp³-hybridized carbons (Fsp3) is 0.375. The summed E-state index contributed by atoms with van der Waals surface area (Å²) in [6.45, 7) is 0. The first-order valence-corrected chi connectivity index (χ1v) is 6.80. The molecule has 0 radical (unpaired) electrons. The van der Waals surface area contributed by atoms with Crippen LogP contribution in [0.3, 0.4) is 0 Å². The molecule has 5 nitrogen and oxygen atoms in total. The minimum absolute atomic E-state index is 0.0728. The Morgan fingerprint density at radius 3 is 2.48 bits per heavy atom. The minimum Gasteiger partial charge on any atom is -0.504 e. The number of allylic oxidation sites excluding steroid dienone is 2. The van der Waals surface area contributed by atoms with Crippen LogP contribution in [0.25, 0.3) is 0 Å². The van der Waals surface area contributed by atoms with Crippen molar-refractivity contribution in [2.75, 3.05) is 7.11 Å². The topological polar surface area (TPSA) is 83.8 Å². The Bertz CT molecular complexity index is 561. The highest BCUT2D eigenvalue weighted by molar-refractivity contribution is 5.96. The minimum atomic E-state index is -1.30. The molecule has 2 N–H and O–H groups in total. The Balaban J connectivity index is 2.32. The van der Waals surface area contributed by atoms with Crippen molar-refractivity contribution >= 4 is 11.8 Å². The molecule has 1 unspecified atom stereocenters. The van der Waals surface area contributed by atoms with Crippen LogP contribution in [0.5, 0.6) is 0 Å². The molecule has 1 aromatic rings. The van der Waals surface area contributed by atoms with E-state index in [1.54, 1.807) is 0 Å². The van der Waals surface area contributed by atoms with E-state index in [0.717, 1.165) is 5.56 Å². The van der Waals surface area contributed by atoms with Crippen LogP contribution in [0.2, 0.25) is 0 Å². The normalized spacial score (nSPS) is 17.7. The highest BCUT2D eigenvalue weighted by Gasteiger charge is 2.32. The molecule has 0 saturated heterocycles. The van der Waals surface area contributed by atoms with Gasteiger partial charge in [-0.3, -0.25) is 4.79 Å². The van der Waals surface area contributed by atoms with Crippen molar-refractivity contribution in [3.63, 3.8) is 0 Å². The second-order valence-corrected chi connectivity index (χ2v) is 5.03. The first-order chi connectivity index (χ1) is 10.0. The number of ketones is 1. The Hall–Kier alpha value is -2.14. The summed E-state index contributed by atoms with van der Waals surface area (Å²) in [7, 11) is 1.21. The van der Waals surface area contributed by atoms with Crippen LogP contribution < -0.4 is 0 Å². The maximum Gasteiger partial charge on any atom is 0.334 e. The van der Waals surface area contributed by atoms with Gasteiger partial charge < -0.3 is 14.9 Å². The third-order valence-electron chi connectivity index (χ3n) is 3.74. The lowest BCUT2D eigenvalue weighted by Gasteiger charge is -2.21. The van der Waals surface area contributed by atoms with Crippen LogP contribution in [-0.2, 0) is 14.3 Å². The van der Waals surface area contributed by atoms with Crippen molar-refractivity contribution in [2.45, 2.75) is 31.3 Å². The Morgan fingerprint density at radius 1 is 1.29 bits per heavy atom. The SMILES string of the molecule is COC(=O)C(O)C[C@H](C1=C(O)C(=O)CC1)c1ccccc1. The first kappa shape index (κ1) is 15.3. The fourth-order valence-corrected chi connectivity index (χ4v) is 2.62. The molecule has 21 heavy (non-hydrogen) atoms. The third-order valence-corrected chi connectivity index (χ3v) is 3.74. The third kappa shape index (κ3) is 3.31. The number of aliphatic hydroxyl groups excluding tert-OH is 2. The van der Waals surface area contributed by atoms with Crippen molar-refractivity contribution in [3.8, 4) is 0 Å². The van der Waals surface area contributed by atoms with E-state index < -0.39 is 12.1 Å². The zero-order chi connectivity index (χ0) is 15.4. The molecule has 2 rings (SSSR count). The number of carbonyl (C=O) groups is 2. The lowest BCUT2D eigenvalue weighted by atomic mass is 9.85. The molecular weight excluding hydrogens is 272 g/mol. The Labute approximate surface area is 122 Å². The fourth-order valence-electron chi connectivity index (χ4n) is 2.62.